The molecule has 0 radical (unpaired) electrons. The summed E-state index contributed by atoms with van der Waals surface area (Å²) in [6, 6.07) is 15.0. The van der Waals surface area contributed by atoms with E-state index in [4.69, 9.17) is 0 Å². The summed E-state index contributed by atoms with van der Waals surface area (Å²) in [5.41, 5.74) is 3.37. The van der Waals surface area contributed by atoms with Gasteiger partial charge in [0, 0.05) is 18.7 Å². The molecule has 0 saturated heterocycles. The largest absolute Gasteiger partial charge is 0.272 e. The smallest absolute Gasteiger partial charge is 0.268 e. The molecule has 0 fully saturated rings. The lowest BCUT2D eigenvalue weighted by Crippen LogP contribution is -2.26. The van der Waals surface area contributed by atoms with Crippen LogP contribution < -0.4 is 4.72 Å². The zero-order chi connectivity index (χ0) is 15.5. The molecule has 0 bridgehead atoms. The van der Waals surface area contributed by atoms with Gasteiger partial charge in [-0.1, -0.05) is 43.3 Å². The highest BCUT2D eigenvalue weighted by Crippen LogP contribution is 2.27. The molecule has 1 heterocycles. The van der Waals surface area contributed by atoms with E-state index in [2.05, 4.69) is 23.8 Å². The van der Waals surface area contributed by atoms with Crippen molar-refractivity contribution in [2.45, 2.75) is 19.9 Å². The van der Waals surface area contributed by atoms with Gasteiger partial charge in [-0.3, -0.25) is 9.59 Å². The molecule has 3 rings (SSSR count). The number of rotatable bonds is 5. The van der Waals surface area contributed by atoms with Crippen LogP contribution in [-0.2, 0) is 13.0 Å². The van der Waals surface area contributed by atoms with E-state index >= 15 is 0 Å². The summed E-state index contributed by atoms with van der Waals surface area (Å²) in [4.78, 5) is 24.4. The summed E-state index contributed by atoms with van der Waals surface area (Å²) >= 11 is 1.06. The van der Waals surface area contributed by atoms with Gasteiger partial charge >= 0.3 is 0 Å². The second-order valence-corrected chi connectivity index (χ2v) is 5.82. The lowest BCUT2D eigenvalue weighted by atomic mass is 10.1. The van der Waals surface area contributed by atoms with Crippen LogP contribution in [0.15, 0.2) is 48.5 Å². The molecule has 0 spiro atoms. The molecule has 2 aromatic carbocycles. The quantitative estimate of drug-likeness (QED) is 0.680. The first-order valence-electron chi connectivity index (χ1n) is 7.16. The summed E-state index contributed by atoms with van der Waals surface area (Å²) in [6.07, 6.45) is 0.954. The Morgan fingerprint density at radius 3 is 2.05 bits per heavy atom. The van der Waals surface area contributed by atoms with E-state index in [0.717, 1.165) is 18.6 Å². The highest BCUT2D eigenvalue weighted by Gasteiger charge is 2.35. The first-order valence-corrected chi connectivity index (χ1v) is 7.94. The molecule has 0 atom stereocenters. The average molecular weight is 312 g/mol. The minimum Gasteiger partial charge on any atom is -0.268 e. The number of hydrogen-bond acceptors (Lipinski definition) is 4. The first-order chi connectivity index (χ1) is 10.7. The van der Waals surface area contributed by atoms with Crippen molar-refractivity contribution in [3.63, 3.8) is 0 Å². The number of benzene rings is 2. The highest BCUT2D eigenvalue weighted by atomic mass is 32.2. The second-order valence-electron chi connectivity index (χ2n) is 4.98. The van der Waals surface area contributed by atoms with Crippen LogP contribution in [0.5, 0.6) is 0 Å². The van der Waals surface area contributed by atoms with Crippen molar-refractivity contribution in [1.82, 2.24) is 9.03 Å². The van der Waals surface area contributed by atoms with Gasteiger partial charge in [-0.15, -0.1) is 0 Å². The third kappa shape index (κ3) is 2.65. The maximum Gasteiger partial charge on any atom is 0.272 e. The lowest BCUT2D eigenvalue weighted by Gasteiger charge is -2.14. The highest BCUT2D eigenvalue weighted by molar-refractivity contribution is 7.96. The number of nitrogens with zero attached hydrogens (tertiary/aromatic N) is 1. The Bertz CT molecular complexity index is 695. The van der Waals surface area contributed by atoms with Crippen molar-refractivity contribution in [2.24, 2.45) is 0 Å². The number of nitrogens with one attached hydrogen (secondary N) is 1. The Labute approximate surface area is 133 Å². The van der Waals surface area contributed by atoms with Gasteiger partial charge in [0.05, 0.1) is 11.1 Å². The number of imide groups is 1. The van der Waals surface area contributed by atoms with Crippen LogP contribution in [0.1, 0.15) is 38.8 Å². The van der Waals surface area contributed by atoms with Crippen molar-refractivity contribution < 1.29 is 9.59 Å². The predicted octanol–water partition coefficient (Wildman–Crippen LogP) is 3.20. The number of aryl methyl sites for hydroxylation is 1. The molecule has 1 aliphatic heterocycles. The van der Waals surface area contributed by atoms with Crippen LogP contribution in [-0.4, -0.2) is 16.1 Å². The van der Waals surface area contributed by atoms with Gasteiger partial charge in [-0.05, 0) is 29.7 Å². The maximum absolute atomic E-state index is 12.2. The van der Waals surface area contributed by atoms with Gasteiger partial charge in [-0.2, -0.15) is 0 Å². The van der Waals surface area contributed by atoms with Gasteiger partial charge in [0.1, 0.15) is 0 Å². The molecule has 0 aliphatic carbocycles. The van der Waals surface area contributed by atoms with Gasteiger partial charge in [-0.25, -0.2) is 9.03 Å². The Morgan fingerprint density at radius 1 is 0.909 bits per heavy atom. The summed E-state index contributed by atoms with van der Waals surface area (Å²) in [5.74, 6) is -0.524. The zero-order valence-corrected chi connectivity index (χ0v) is 13.0. The summed E-state index contributed by atoms with van der Waals surface area (Å²) in [7, 11) is 0. The monoisotopic (exact) mass is 312 g/mol. The van der Waals surface area contributed by atoms with Crippen LogP contribution in [0, 0.1) is 0 Å². The molecule has 0 saturated carbocycles. The van der Waals surface area contributed by atoms with E-state index in [0.29, 0.717) is 17.7 Å². The Morgan fingerprint density at radius 2 is 1.45 bits per heavy atom. The van der Waals surface area contributed by atoms with Gasteiger partial charge < -0.3 is 0 Å². The minimum absolute atomic E-state index is 0.262. The lowest BCUT2D eigenvalue weighted by molar-refractivity contribution is 0.0776. The molecule has 0 aromatic heterocycles. The molecule has 2 amide bonds. The number of hydrogen-bond donors (Lipinski definition) is 1. The SMILES string of the molecule is CCc1ccccc1CNSN1C(=O)c2ccccc2C1=O. The minimum atomic E-state index is -0.262. The normalized spacial score (nSPS) is 13.6. The molecule has 1 aliphatic rings. The second kappa shape index (κ2) is 6.34. The van der Waals surface area contributed by atoms with E-state index < -0.39 is 0 Å². The van der Waals surface area contributed by atoms with Gasteiger partial charge in [0.15, 0.2) is 0 Å². The predicted molar refractivity (Wildman–Crippen MR) is 87.2 cm³/mol. The van der Waals surface area contributed by atoms with E-state index in [9.17, 15) is 9.59 Å². The van der Waals surface area contributed by atoms with Crippen LogP contribution in [0.25, 0.3) is 0 Å². The fourth-order valence-electron chi connectivity index (χ4n) is 2.50. The summed E-state index contributed by atoms with van der Waals surface area (Å²) < 4.78 is 4.29. The first kappa shape index (κ1) is 14.8. The van der Waals surface area contributed by atoms with Crippen molar-refractivity contribution in [2.75, 3.05) is 0 Å². The molecular weight excluding hydrogens is 296 g/mol. The van der Waals surface area contributed by atoms with E-state index in [1.807, 2.05) is 12.1 Å². The van der Waals surface area contributed by atoms with E-state index in [1.165, 1.54) is 15.4 Å². The van der Waals surface area contributed by atoms with Crippen LogP contribution in [0.3, 0.4) is 0 Å². The number of carbonyl (C=O) groups is 2. The fraction of sp³-hybridized carbons (Fsp3) is 0.176. The third-order valence-corrected chi connectivity index (χ3v) is 4.46. The molecule has 1 N–H and O–H groups in total. The maximum atomic E-state index is 12.2. The molecule has 22 heavy (non-hydrogen) atoms. The van der Waals surface area contributed by atoms with Crippen molar-refractivity contribution in [1.29, 1.82) is 0 Å². The topological polar surface area (TPSA) is 49.4 Å². The molecule has 112 valence electrons. The Balaban J connectivity index is 1.66. The number of fused-ring (bicyclic) bond motifs is 1. The third-order valence-electron chi connectivity index (χ3n) is 3.67. The fourth-order valence-corrected chi connectivity index (χ4v) is 3.21. The Hall–Kier alpha value is -2.11. The zero-order valence-electron chi connectivity index (χ0n) is 12.2. The van der Waals surface area contributed by atoms with Crippen LogP contribution in [0.4, 0.5) is 0 Å². The van der Waals surface area contributed by atoms with Gasteiger partial charge in [0.25, 0.3) is 11.8 Å². The molecular formula is C17H16N2O2S. The average Bonchev–Trinajstić information content (AvgIpc) is 2.80. The summed E-state index contributed by atoms with van der Waals surface area (Å²) in [6.45, 7) is 2.71. The molecule has 4 nitrogen and oxygen atoms in total. The van der Waals surface area contributed by atoms with Crippen LogP contribution in [0.2, 0.25) is 0 Å². The van der Waals surface area contributed by atoms with E-state index in [1.54, 1.807) is 24.3 Å². The van der Waals surface area contributed by atoms with E-state index in [-0.39, 0.29) is 11.8 Å². The number of amides is 2. The Kier molecular flexibility index (Phi) is 4.27. The van der Waals surface area contributed by atoms with Crippen LogP contribution >= 0.6 is 12.1 Å². The van der Waals surface area contributed by atoms with Gasteiger partial charge in [0.2, 0.25) is 0 Å². The van der Waals surface area contributed by atoms with Crippen molar-refractivity contribution in [3.05, 3.63) is 70.8 Å². The number of carbonyl (C=O) groups excluding carboxylic acids is 2. The molecule has 5 heteroatoms. The summed E-state index contributed by atoms with van der Waals surface area (Å²) in [5, 5.41) is 0. The van der Waals surface area contributed by atoms with Crippen molar-refractivity contribution >= 4 is 23.9 Å². The molecule has 0 unspecified atom stereocenters. The van der Waals surface area contributed by atoms with Crippen molar-refractivity contribution in [3.8, 4) is 0 Å². The molecule has 2 aromatic rings. The standard InChI is InChI=1S/C17H16N2O2S/c1-2-12-7-3-4-8-13(12)11-18-22-19-16(20)14-9-5-6-10-15(14)17(19)21/h3-10,18H,2,11H2,1H3.